The van der Waals surface area contributed by atoms with Crippen LogP contribution < -0.4 is 4.74 Å². The molecule has 0 saturated heterocycles. The van der Waals surface area contributed by atoms with Gasteiger partial charge in [-0.05, 0) is 37.1 Å². The lowest BCUT2D eigenvalue weighted by atomic mass is 9.99. The van der Waals surface area contributed by atoms with Gasteiger partial charge in [-0.15, -0.1) is 0 Å². The largest absolute Gasteiger partial charge is 0.494 e. The molecule has 168 valence electrons. The van der Waals surface area contributed by atoms with Crippen LogP contribution >= 0.6 is 0 Å². The molecule has 0 fully saturated rings. The standard InChI is InChI=1S/C31H28N2O/c1-3-33-30(24-16-9-6-10-17-24)29(23-14-7-5-8-15-23)32-31(33)28-21-12-11-20-27(28)25-18-13-19-26(22-25)34-4-2/h5-22H,3-4H2,1-2H3. The zero-order valence-electron chi connectivity index (χ0n) is 19.6. The summed E-state index contributed by atoms with van der Waals surface area (Å²) in [6.45, 7) is 5.65. The van der Waals surface area contributed by atoms with E-state index in [-0.39, 0.29) is 0 Å². The van der Waals surface area contributed by atoms with Gasteiger partial charge in [-0.25, -0.2) is 4.98 Å². The number of benzene rings is 4. The normalized spacial score (nSPS) is 10.9. The Balaban J connectivity index is 1.75. The molecule has 5 aromatic rings. The van der Waals surface area contributed by atoms with Gasteiger partial charge in [0.15, 0.2) is 0 Å². The minimum absolute atomic E-state index is 0.645. The van der Waals surface area contributed by atoms with E-state index in [1.54, 1.807) is 0 Å². The number of ether oxygens (including phenoxy) is 1. The highest BCUT2D eigenvalue weighted by Gasteiger charge is 2.22. The van der Waals surface area contributed by atoms with Crippen LogP contribution in [-0.2, 0) is 6.54 Å². The molecule has 0 spiro atoms. The van der Waals surface area contributed by atoms with Gasteiger partial charge in [0.2, 0.25) is 0 Å². The molecule has 1 aromatic heterocycles. The van der Waals surface area contributed by atoms with Crippen LogP contribution in [0.2, 0.25) is 0 Å². The van der Waals surface area contributed by atoms with E-state index in [0.29, 0.717) is 6.61 Å². The molecule has 5 rings (SSSR count). The van der Waals surface area contributed by atoms with Crippen molar-refractivity contribution in [3.8, 4) is 50.8 Å². The zero-order chi connectivity index (χ0) is 23.3. The first-order valence-corrected chi connectivity index (χ1v) is 11.8. The smallest absolute Gasteiger partial charge is 0.141 e. The second kappa shape index (κ2) is 9.80. The van der Waals surface area contributed by atoms with Crippen molar-refractivity contribution in [1.29, 1.82) is 0 Å². The number of aromatic nitrogens is 2. The van der Waals surface area contributed by atoms with Gasteiger partial charge in [0.05, 0.1) is 18.0 Å². The van der Waals surface area contributed by atoms with Gasteiger partial charge < -0.3 is 9.30 Å². The average molecular weight is 445 g/mol. The van der Waals surface area contributed by atoms with E-state index in [9.17, 15) is 0 Å². The Morgan fingerprint density at radius 1 is 0.647 bits per heavy atom. The van der Waals surface area contributed by atoms with Crippen LogP contribution in [0, 0.1) is 0 Å². The highest BCUT2D eigenvalue weighted by Crippen LogP contribution is 2.39. The van der Waals surface area contributed by atoms with Crippen molar-refractivity contribution in [3.05, 3.63) is 109 Å². The molecule has 3 heteroatoms. The molecule has 4 aromatic carbocycles. The first-order chi connectivity index (χ1) is 16.8. The van der Waals surface area contributed by atoms with E-state index in [2.05, 4.69) is 102 Å². The van der Waals surface area contributed by atoms with Crippen LogP contribution in [0.5, 0.6) is 5.75 Å². The van der Waals surface area contributed by atoms with Gasteiger partial charge >= 0.3 is 0 Å². The summed E-state index contributed by atoms with van der Waals surface area (Å²) in [5, 5.41) is 0. The van der Waals surface area contributed by atoms with Crippen LogP contribution in [0.4, 0.5) is 0 Å². The summed E-state index contributed by atoms with van der Waals surface area (Å²) < 4.78 is 8.11. The summed E-state index contributed by atoms with van der Waals surface area (Å²) in [5.74, 6) is 1.85. The Bertz CT molecular complexity index is 1390. The molecule has 0 saturated carbocycles. The van der Waals surface area contributed by atoms with Gasteiger partial charge in [-0.2, -0.15) is 0 Å². The van der Waals surface area contributed by atoms with Crippen molar-refractivity contribution in [1.82, 2.24) is 9.55 Å². The minimum Gasteiger partial charge on any atom is -0.494 e. The molecular formula is C31H28N2O. The lowest BCUT2D eigenvalue weighted by molar-refractivity contribution is 0.340. The van der Waals surface area contributed by atoms with Crippen LogP contribution in [0.15, 0.2) is 109 Å². The molecule has 1 heterocycles. The molecule has 0 aliphatic heterocycles. The van der Waals surface area contributed by atoms with E-state index in [1.165, 1.54) is 0 Å². The number of imidazole rings is 1. The average Bonchev–Trinajstić information content (AvgIpc) is 3.30. The Hall–Kier alpha value is -4.11. The van der Waals surface area contributed by atoms with Crippen molar-refractivity contribution < 1.29 is 4.74 Å². The summed E-state index contributed by atoms with van der Waals surface area (Å²) in [6, 6.07) is 37.8. The fourth-order valence-corrected chi connectivity index (χ4v) is 4.50. The number of rotatable bonds is 7. The molecule has 3 nitrogen and oxygen atoms in total. The Labute approximate surface area is 201 Å². The molecule has 0 atom stereocenters. The number of hydrogen-bond acceptors (Lipinski definition) is 2. The van der Waals surface area contributed by atoms with Crippen LogP contribution in [0.3, 0.4) is 0 Å². The Kier molecular flexibility index (Phi) is 6.26. The van der Waals surface area contributed by atoms with Crippen molar-refractivity contribution in [3.63, 3.8) is 0 Å². The van der Waals surface area contributed by atoms with Crippen LogP contribution in [-0.4, -0.2) is 16.2 Å². The molecule has 0 bridgehead atoms. The van der Waals surface area contributed by atoms with Gasteiger partial charge in [-0.1, -0.05) is 97.1 Å². The number of hydrogen-bond donors (Lipinski definition) is 0. The maximum absolute atomic E-state index is 5.78. The lowest BCUT2D eigenvalue weighted by Gasteiger charge is -2.14. The summed E-state index contributed by atoms with van der Waals surface area (Å²) in [7, 11) is 0. The molecule has 0 aliphatic carbocycles. The minimum atomic E-state index is 0.645. The quantitative estimate of drug-likeness (QED) is 0.254. The predicted molar refractivity (Wildman–Crippen MR) is 141 cm³/mol. The van der Waals surface area contributed by atoms with Gasteiger partial charge in [0, 0.05) is 23.2 Å². The highest BCUT2D eigenvalue weighted by atomic mass is 16.5. The second-order valence-corrected chi connectivity index (χ2v) is 8.12. The molecule has 0 unspecified atom stereocenters. The maximum Gasteiger partial charge on any atom is 0.141 e. The molecule has 0 aliphatic rings. The number of nitrogens with zero attached hydrogens (tertiary/aromatic N) is 2. The molecule has 0 radical (unpaired) electrons. The zero-order valence-corrected chi connectivity index (χ0v) is 19.6. The molecule has 34 heavy (non-hydrogen) atoms. The fraction of sp³-hybridized carbons (Fsp3) is 0.129. The third-order valence-corrected chi connectivity index (χ3v) is 6.00. The van der Waals surface area contributed by atoms with Crippen LogP contribution in [0.1, 0.15) is 13.8 Å². The van der Waals surface area contributed by atoms with E-state index < -0.39 is 0 Å². The predicted octanol–water partition coefficient (Wildman–Crippen LogP) is 7.97. The van der Waals surface area contributed by atoms with Gasteiger partial charge in [0.1, 0.15) is 11.6 Å². The van der Waals surface area contributed by atoms with E-state index in [0.717, 1.165) is 57.3 Å². The molecule has 0 amide bonds. The Morgan fingerprint density at radius 3 is 1.94 bits per heavy atom. The van der Waals surface area contributed by atoms with Crippen molar-refractivity contribution in [2.24, 2.45) is 0 Å². The monoisotopic (exact) mass is 444 g/mol. The highest BCUT2D eigenvalue weighted by molar-refractivity contribution is 5.87. The molecule has 0 N–H and O–H groups in total. The van der Waals surface area contributed by atoms with Crippen molar-refractivity contribution in [2.45, 2.75) is 20.4 Å². The van der Waals surface area contributed by atoms with Gasteiger partial charge in [0.25, 0.3) is 0 Å². The summed E-state index contributed by atoms with van der Waals surface area (Å²) in [5.41, 5.74) is 7.79. The summed E-state index contributed by atoms with van der Waals surface area (Å²) in [4.78, 5) is 5.27. The van der Waals surface area contributed by atoms with E-state index >= 15 is 0 Å². The first-order valence-electron chi connectivity index (χ1n) is 11.8. The third-order valence-electron chi connectivity index (χ3n) is 6.00. The third kappa shape index (κ3) is 4.13. The fourth-order valence-electron chi connectivity index (χ4n) is 4.50. The second-order valence-electron chi connectivity index (χ2n) is 8.12. The first kappa shape index (κ1) is 21.7. The SMILES string of the molecule is CCOc1cccc(-c2ccccc2-c2nc(-c3ccccc3)c(-c3ccccc3)n2CC)c1. The van der Waals surface area contributed by atoms with Gasteiger partial charge in [-0.3, -0.25) is 0 Å². The lowest BCUT2D eigenvalue weighted by Crippen LogP contribution is -2.01. The summed E-state index contributed by atoms with van der Waals surface area (Å²) in [6.07, 6.45) is 0. The van der Waals surface area contributed by atoms with Crippen LogP contribution in [0.25, 0.3) is 45.0 Å². The van der Waals surface area contributed by atoms with E-state index in [4.69, 9.17) is 9.72 Å². The molecular weight excluding hydrogens is 416 g/mol. The van der Waals surface area contributed by atoms with Crippen molar-refractivity contribution >= 4 is 0 Å². The van der Waals surface area contributed by atoms with Crippen molar-refractivity contribution in [2.75, 3.05) is 6.61 Å². The summed E-state index contributed by atoms with van der Waals surface area (Å²) >= 11 is 0. The maximum atomic E-state index is 5.78. The van der Waals surface area contributed by atoms with E-state index in [1.807, 2.05) is 25.1 Å². The Morgan fingerprint density at radius 2 is 1.26 bits per heavy atom. The topological polar surface area (TPSA) is 27.1 Å².